The lowest BCUT2D eigenvalue weighted by Crippen LogP contribution is -2.53. The summed E-state index contributed by atoms with van der Waals surface area (Å²) >= 11 is 0. The van der Waals surface area contributed by atoms with Crippen molar-refractivity contribution in [2.24, 2.45) is 11.5 Å². The Balaban J connectivity index is 4.91. The molecule has 0 aliphatic heterocycles. The lowest BCUT2D eigenvalue weighted by molar-refractivity contribution is -0.144. The molecule has 3 atom stereocenters. The summed E-state index contributed by atoms with van der Waals surface area (Å²) in [5.74, 6) is -6.42. The average molecular weight is 461 g/mol. The van der Waals surface area contributed by atoms with Crippen molar-refractivity contribution in [2.75, 3.05) is 13.1 Å². The van der Waals surface area contributed by atoms with Crippen LogP contribution in [-0.2, 0) is 28.8 Å². The van der Waals surface area contributed by atoms with E-state index in [0.717, 1.165) is 0 Å². The first-order chi connectivity index (χ1) is 15.0. The third-order valence-corrected chi connectivity index (χ3v) is 4.29. The van der Waals surface area contributed by atoms with Gasteiger partial charge < -0.3 is 42.7 Å². The molecule has 0 aromatic heterocycles. The summed E-state index contributed by atoms with van der Waals surface area (Å²) in [6, 6.07) is -3.82. The first-order valence-electron chi connectivity index (χ1n) is 9.97. The summed E-state index contributed by atoms with van der Waals surface area (Å²) in [5.41, 5.74) is 11.1. The van der Waals surface area contributed by atoms with Gasteiger partial charge in [0.2, 0.25) is 17.7 Å². The highest BCUT2D eigenvalue weighted by Gasteiger charge is 2.27. The molecular formula is C18H31N5O9. The summed E-state index contributed by atoms with van der Waals surface area (Å²) in [6.07, 6.45) is -0.127. The molecular weight excluding hydrogens is 430 g/mol. The minimum atomic E-state index is -1.55. The van der Waals surface area contributed by atoms with E-state index in [4.69, 9.17) is 26.8 Å². The average Bonchev–Trinajstić information content (AvgIpc) is 2.71. The Hall–Kier alpha value is -3.26. The van der Waals surface area contributed by atoms with Gasteiger partial charge in [-0.05, 0) is 32.2 Å². The number of unbranched alkanes of at least 4 members (excludes halogenated alkanes) is 1. The van der Waals surface area contributed by atoms with E-state index in [2.05, 4.69) is 16.0 Å². The molecule has 0 saturated carbocycles. The number of carboxylic acids is 3. The largest absolute Gasteiger partial charge is 0.481 e. The van der Waals surface area contributed by atoms with Gasteiger partial charge in [0, 0.05) is 12.8 Å². The normalized spacial score (nSPS) is 13.3. The van der Waals surface area contributed by atoms with Gasteiger partial charge in [-0.1, -0.05) is 6.42 Å². The van der Waals surface area contributed by atoms with Crippen LogP contribution >= 0.6 is 0 Å². The van der Waals surface area contributed by atoms with E-state index >= 15 is 0 Å². The number of carbonyl (C=O) groups excluding carboxylic acids is 3. The van der Waals surface area contributed by atoms with E-state index in [1.165, 1.54) is 0 Å². The van der Waals surface area contributed by atoms with Crippen LogP contribution in [0.3, 0.4) is 0 Å². The number of carboxylic acid groups (broad SMARTS) is 3. The third-order valence-electron chi connectivity index (χ3n) is 4.29. The molecule has 0 fully saturated rings. The van der Waals surface area contributed by atoms with Gasteiger partial charge in [0.1, 0.15) is 12.1 Å². The molecule has 0 saturated heterocycles. The second kappa shape index (κ2) is 15.5. The highest BCUT2D eigenvalue weighted by molar-refractivity contribution is 5.92. The Morgan fingerprint density at radius 3 is 1.81 bits per heavy atom. The van der Waals surface area contributed by atoms with Gasteiger partial charge in [-0.25, -0.2) is 4.79 Å². The third kappa shape index (κ3) is 13.1. The van der Waals surface area contributed by atoms with Gasteiger partial charge in [0.25, 0.3) is 0 Å². The van der Waals surface area contributed by atoms with Gasteiger partial charge in [0.15, 0.2) is 0 Å². The Morgan fingerprint density at radius 2 is 1.31 bits per heavy atom. The fraction of sp³-hybridized carbons (Fsp3) is 0.667. The summed E-state index contributed by atoms with van der Waals surface area (Å²) in [6.45, 7) is -0.0861. The lowest BCUT2D eigenvalue weighted by Gasteiger charge is -2.21. The minimum absolute atomic E-state index is 0.356. The number of carbonyl (C=O) groups is 6. The van der Waals surface area contributed by atoms with Crippen molar-refractivity contribution < 1.29 is 44.1 Å². The second-order valence-corrected chi connectivity index (χ2v) is 6.99. The van der Waals surface area contributed by atoms with Crippen LogP contribution in [0.2, 0.25) is 0 Å². The van der Waals surface area contributed by atoms with Crippen molar-refractivity contribution in [1.29, 1.82) is 0 Å². The quantitative estimate of drug-likeness (QED) is 0.104. The van der Waals surface area contributed by atoms with Crippen LogP contribution in [0.4, 0.5) is 0 Å². The fourth-order valence-corrected chi connectivity index (χ4v) is 2.52. The van der Waals surface area contributed by atoms with E-state index in [-0.39, 0.29) is 6.42 Å². The summed E-state index contributed by atoms with van der Waals surface area (Å²) in [5, 5.41) is 33.3. The van der Waals surface area contributed by atoms with E-state index in [0.29, 0.717) is 25.8 Å². The molecule has 32 heavy (non-hydrogen) atoms. The smallest absolute Gasteiger partial charge is 0.326 e. The monoisotopic (exact) mass is 461 g/mol. The van der Waals surface area contributed by atoms with Crippen LogP contribution in [0, 0.1) is 0 Å². The van der Waals surface area contributed by atoms with Gasteiger partial charge in [-0.15, -0.1) is 0 Å². The molecule has 14 nitrogen and oxygen atoms in total. The SMILES string of the molecule is NCCCC[C@H](N)C(=O)NCC(=O)N[C@@H](CCC(=O)O)C(=O)N[C@@H](CCC(=O)O)C(=O)O. The van der Waals surface area contributed by atoms with Crippen molar-refractivity contribution in [3.8, 4) is 0 Å². The zero-order chi connectivity index (χ0) is 24.7. The Bertz CT molecular complexity index is 686. The van der Waals surface area contributed by atoms with Crippen LogP contribution in [0.5, 0.6) is 0 Å². The van der Waals surface area contributed by atoms with Crippen molar-refractivity contribution in [2.45, 2.75) is 63.1 Å². The second-order valence-electron chi connectivity index (χ2n) is 6.99. The Morgan fingerprint density at radius 1 is 0.750 bits per heavy atom. The van der Waals surface area contributed by atoms with Crippen LogP contribution < -0.4 is 27.4 Å². The van der Waals surface area contributed by atoms with Crippen LogP contribution in [-0.4, -0.2) is 82.2 Å². The molecule has 182 valence electrons. The summed E-state index contributed by atoms with van der Waals surface area (Å²) in [7, 11) is 0. The molecule has 3 amide bonds. The molecule has 0 rings (SSSR count). The molecule has 0 aliphatic carbocycles. The first kappa shape index (κ1) is 28.7. The molecule has 0 heterocycles. The molecule has 0 aromatic rings. The number of nitrogens with two attached hydrogens (primary N) is 2. The molecule has 0 aliphatic rings. The number of rotatable bonds is 17. The van der Waals surface area contributed by atoms with E-state index in [9.17, 15) is 28.8 Å². The molecule has 0 bridgehead atoms. The van der Waals surface area contributed by atoms with Crippen LogP contribution in [0.1, 0.15) is 44.9 Å². The summed E-state index contributed by atoms with van der Waals surface area (Å²) in [4.78, 5) is 69.1. The zero-order valence-corrected chi connectivity index (χ0v) is 17.5. The van der Waals surface area contributed by atoms with Gasteiger partial charge in [-0.2, -0.15) is 0 Å². The van der Waals surface area contributed by atoms with Gasteiger partial charge in [0.05, 0.1) is 12.6 Å². The van der Waals surface area contributed by atoms with Gasteiger partial charge in [-0.3, -0.25) is 24.0 Å². The maximum atomic E-state index is 12.4. The fourth-order valence-electron chi connectivity index (χ4n) is 2.52. The standard InChI is InChI=1S/C18H31N5O9/c19-8-2-1-3-10(20)16(29)21-9-13(24)22-11(4-6-14(25)26)17(30)23-12(18(31)32)5-7-15(27)28/h10-12H,1-9,19-20H2,(H,21,29)(H,22,24)(H,23,30)(H,25,26)(H,27,28)(H,31,32)/t10-,11-,12-/m0/s1. The summed E-state index contributed by atoms with van der Waals surface area (Å²) < 4.78 is 0. The van der Waals surface area contributed by atoms with E-state index < -0.39 is 79.6 Å². The number of hydrogen-bond donors (Lipinski definition) is 8. The molecule has 0 radical (unpaired) electrons. The number of amides is 3. The molecule has 14 heteroatoms. The number of hydrogen-bond acceptors (Lipinski definition) is 8. The predicted molar refractivity (Wildman–Crippen MR) is 109 cm³/mol. The number of aliphatic carboxylic acids is 3. The van der Waals surface area contributed by atoms with Crippen molar-refractivity contribution in [3.63, 3.8) is 0 Å². The van der Waals surface area contributed by atoms with Gasteiger partial charge >= 0.3 is 17.9 Å². The maximum Gasteiger partial charge on any atom is 0.326 e. The highest BCUT2D eigenvalue weighted by atomic mass is 16.4. The minimum Gasteiger partial charge on any atom is -0.481 e. The first-order valence-corrected chi connectivity index (χ1v) is 9.97. The number of nitrogens with one attached hydrogen (secondary N) is 3. The van der Waals surface area contributed by atoms with E-state index in [1.807, 2.05) is 0 Å². The highest BCUT2D eigenvalue weighted by Crippen LogP contribution is 2.03. The van der Waals surface area contributed by atoms with Crippen molar-refractivity contribution >= 4 is 35.6 Å². The Labute approximate surface area is 184 Å². The van der Waals surface area contributed by atoms with E-state index in [1.54, 1.807) is 0 Å². The van der Waals surface area contributed by atoms with Crippen molar-refractivity contribution in [3.05, 3.63) is 0 Å². The van der Waals surface area contributed by atoms with Crippen LogP contribution in [0.25, 0.3) is 0 Å². The van der Waals surface area contributed by atoms with Crippen molar-refractivity contribution in [1.82, 2.24) is 16.0 Å². The Kier molecular flexibility index (Phi) is 13.9. The topological polar surface area (TPSA) is 251 Å². The maximum absolute atomic E-state index is 12.4. The molecule has 10 N–H and O–H groups in total. The predicted octanol–water partition coefficient (Wildman–Crippen LogP) is -2.66. The zero-order valence-electron chi connectivity index (χ0n) is 17.5. The van der Waals surface area contributed by atoms with Crippen LogP contribution in [0.15, 0.2) is 0 Å². The lowest BCUT2D eigenvalue weighted by atomic mass is 10.1. The molecule has 0 spiro atoms. The molecule has 0 aromatic carbocycles. The molecule has 0 unspecified atom stereocenters.